The van der Waals surface area contributed by atoms with Crippen LogP contribution in [0, 0.1) is 13.8 Å². The molecular formula is C16H28N2O2S. The fraction of sp³-hybridized carbons (Fsp3) is 0.625. The number of sulfonamides is 1. The van der Waals surface area contributed by atoms with Crippen molar-refractivity contribution in [3.63, 3.8) is 0 Å². The second kappa shape index (κ2) is 7.27. The zero-order valence-electron chi connectivity index (χ0n) is 13.8. The highest BCUT2D eigenvalue weighted by Crippen LogP contribution is 2.28. The van der Waals surface area contributed by atoms with Crippen LogP contribution in [0.1, 0.15) is 51.2 Å². The molecule has 1 unspecified atom stereocenters. The minimum absolute atomic E-state index is 0.00194. The third-order valence-corrected chi connectivity index (χ3v) is 6.18. The summed E-state index contributed by atoms with van der Waals surface area (Å²) in [6, 6.07) is 3.46. The van der Waals surface area contributed by atoms with Crippen LogP contribution in [0.2, 0.25) is 0 Å². The molecule has 0 bridgehead atoms. The topological polar surface area (TPSA) is 63.4 Å². The Morgan fingerprint density at radius 2 is 1.71 bits per heavy atom. The summed E-state index contributed by atoms with van der Waals surface area (Å²) in [5, 5.41) is 0. The quantitative estimate of drug-likeness (QED) is 0.784. The summed E-state index contributed by atoms with van der Waals surface area (Å²) in [7, 11) is -3.48. The largest absolute Gasteiger partial charge is 0.399 e. The third kappa shape index (κ3) is 3.98. The summed E-state index contributed by atoms with van der Waals surface area (Å²) in [5.41, 5.74) is 7.85. The van der Waals surface area contributed by atoms with E-state index in [9.17, 15) is 8.42 Å². The maximum absolute atomic E-state index is 13.1. The predicted octanol–water partition coefficient (Wildman–Crippen LogP) is 3.47. The Balaban J connectivity index is 3.35. The van der Waals surface area contributed by atoms with Crippen LogP contribution < -0.4 is 5.73 Å². The second-order valence-corrected chi connectivity index (χ2v) is 7.54. The highest BCUT2D eigenvalue weighted by molar-refractivity contribution is 7.89. The lowest BCUT2D eigenvalue weighted by Crippen LogP contribution is -2.39. The highest BCUT2D eigenvalue weighted by Gasteiger charge is 2.30. The minimum atomic E-state index is -3.48. The van der Waals surface area contributed by atoms with Gasteiger partial charge in [0.15, 0.2) is 0 Å². The lowest BCUT2D eigenvalue weighted by molar-refractivity contribution is 0.324. The first-order valence-electron chi connectivity index (χ1n) is 7.64. The van der Waals surface area contributed by atoms with Crippen LogP contribution >= 0.6 is 0 Å². The van der Waals surface area contributed by atoms with Gasteiger partial charge in [0.2, 0.25) is 10.0 Å². The highest BCUT2D eigenvalue weighted by atomic mass is 32.2. The van der Waals surface area contributed by atoms with E-state index in [4.69, 9.17) is 5.73 Å². The molecule has 1 aromatic rings. The molecule has 21 heavy (non-hydrogen) atoms. The molecule has 0 aromatic heterocycles. The van der Waals surface area contributed by atoms with Gasteiger partial charge in [0.25, 0.3) is 0 Å². The van der Waals surface area contributed by atoms with E-state index < -0.39 is 10.0 Å². The van der Waals surface area contributed by atoms with Crippen LogP contribution in [0.5, 0.6) is 0 Å². The van der Waals surface area contributed by atoms with E-state index in [0.29, 0.717) is 17.1 Å². The Morgan fingerprint density at radius 3 is 2.14 bits per heavy atom. The molecule has 0 aliphatic carbocycles. The van der Waals surface area contributed by atoms with Gasteiger partial charge in [-0.05, 0) is 56.9 Å². The van der Waals surface area contributed by atoms with E-state index in [2.05, 4.69) is 6.92 Å². The minimum Gasteiger partial charge on any atom is -0.399 e. The fourth-order valence-corrected chi connectivity index (χ4v) is 4.76. The number of nitrogens with two attached hydrogens (primary N) is 1. The normalized spacial score (nSPS) is 13.6. The lowest BCUT2D eigenvalue weighted by Gasteiger charge is -2.29. The third-order valence-electron chi connectivity index (χ3n) is 3.86. The molecular weight excluding hydrogens is 284 g/mol. The molecule has 0 aliphatic heterocycles. The Bertz CT molecular complexity index is 559. The number of unbranched alkanes of at least 4 members (excludes halogenated alkanes) is 1. The summed E-state index contributed by atoms with van der Waals surface area (Å²) in [4.78, 5) is 0.410. The van der Waals surface area contributed by atoms with Gasteiger partial charge < -0.3 is 5.73 Å². The van der Waals surface area contributed by atoms with Gasteiger partial charge in [-0.1, -0.05) is 20.3 Å². The molecule has 0 saturated heterocycles. The molecule has 0 aliphatic rings. The van der Waals surface area contributed by atoms with Gasteiger partial charge in [0.1, 0.15) is 0 Å². The summed E-state index contributed by atoms with van der Waals surface area (Å²) in [5.74, 6) is 0. The Hall–Kier alpha value is -1.07. The van der Waals surface area contributed by atoms with Crippen molar-refractivity contribution in [3.05, 3.63) is 23.3 Å². The SMILES string of the molecule is CCCCN(C(C)CC)S(=O)(=O)c1c(C)cc(N)cc1C. The number of nitrogens with zero attached hydrogens (tertiary/aromatic N) is 1. The molecule has 2 N–H and O–H groups in total. The smallest absolute Gasteiger partial charge is 0.243 e. The number of aryl methyl sites for hydroxylation is 2. The molecule has 0 radical (unpaired) electrons. The summed E-state index contributed by atoms with van der Waals surface area (Å²) < 4.78 is 27.8. The van der Waals surface area contributed by atoms with Crippen LogP contribution in [0.15, 0.2) is 17.0 Å². The standard InChI is InChI=1S/C16H28N2O2S/c1-6-8-9-18(14(5)7-2)21(19,20)16-12(3)10-15(17)11-13(16)4/h10-11,14H,6-9,17H2,1-5H3. The van der Waals surface area contributed by atoms with E-state index in [1.54, 1.807) is 16.4 Å². The first-order valence-corrected chi connectivity index (χ1v) is 9.08. The van der Waals surface area contributed by atoms with Crippen molar-refractivity contribution in [1.82, 2.24) is 4.31 Å². The van der Waals surface area contributed by atoms with E-state index in [1.807, 2.05) is 27.7 Å². The second-order valence-electron chi connectivity index (χ2n) is 5.71. The number of hydrogen-bond donors (Lipinski definition) is 1. The van der Waals surface area contributed by atoms with Gasteiger partial charge in [-0.2, -0.15) is 4.31 Å². The van der Waals surface area contributed by atoms with Crippen LogP contribution in [0.25, 0.3) is 0 Å². The van der Waals surface area contributed by atoms with Crippen LogP contribution in [-0.2, 0) is 10.0 Å². The van der Waals surface area contributed by atoms with Gasteiger partial charge >= 0.3 is 0 Å². The van der Waals surface area contributed by atoms with Crippen LogP contribution in [0.4, 0.5) is 5.69 Å². The molecule has 5 heteroatoms. The lowest BCUT2D eigenvalue weighted by atomic mass is 10.1. The first kappa shape index (κ1) is 18.0. The zero-order chi connectivity index (χ0) is 16.2. The fourth-order valence-electron chi connectivity index (χ4n) is 2.60. The number of anilines is 1. The molecule has 120 valence electrons. The molecule has 0 saturated carbocycles. The van der Waals surface area contributed by atoms with Crippen molar-refractivity contribution in [1.29, 1.82) is 0 Å². The molecule has 0 heterocycles. The van der Waals surface area contributed by atoms with E-state index >= 15 is 0 Å². The Morgan fingerprint density at radius 1 is 1.19 bits per heavy atom. The number of rotatable bonds is 7. The molecule has 1 rings (SSSR count). The van der Waals surface area contributed by atoms with Gasteiger partial charge in [0, 0.05) is 18.3 Å². The molecule has 0 spiro atoms. The first-order chi connectivity index (χ1) is 9.75. The summed E-state index contributed by atoms with van der Waals surface area (Å²) in [6.07, 6.45) is 2.65. The maximum atomic E-state index is 13.1. The molecule has 4 nitrogen and oxygen atoms in total. The van der Waals surface area contributed by atoms with Gasteiger partial charge in [-0.25, -0.2) is 8.42 Å². The number of nitrogen functional groups attached to an aromatic ring is 1. The average Bonchev–Trinajstić information content (AvgIpc) is 2.36. The molecule has 0 fully saturated rings. The predicted molar refractivity (Wildman–Crippen MR) is 88.9 cm³/mol. The summed E-state index contributed by atoms with van der Waals surface area (Å²) >= 11 is 0. The van der Waals surface area contributed by atoms with Crippen LogP contribution in [0.3, 0.4) is 0 Å². The van der Waals surface area contributed by atoms with E-state index in [0.717, 1.165) is 30.4 Å². The van der Waals surface area contributed by atoms with Gasteiger partial charge in [-0.15, -0.1) is 0 Å². The number of hydrogen-bond acceptors (Lipinski definition) is 3. The van der Waals surface area contributed by atoms with E-state index in [-0.39, 0.29) is 6.04 Å². The molecule has 1 atom stereocenters. The van der Waals surface area contributed by atoms with Crippen molar-refractivity contribution in [3.8, 4) is 0 Å². The maximum Gasteiger partial charge on any atom is 0.243 e. The van der Waals surface area contributed by atoms with E-state index in [1.165, 1.54) is 0 Å². The van der Waals surface area contributed by atoms with Crippen molar-refractivity contribution >= 4 is 15.7 Å². The van der Waals surface area contributed by atoms with Crippen molar-refractivity contribution in [2.75, 3.05) is 12.3 Å². The van der Waals surface area contributed by atoms with Crippen LogP contribution in [-0.4, -0.2) is 25.3 Å². The average molecular weight is 312 g/mol. The monoisotopic (exact) mass is 312 g/mol. The van der Waals surface area contributed by atoms with Crippen molar-refractivity contribution < 1.29 is 8.42 Å². The number of benzene rings is 1. The zero-order valence-corrected chi connectivity index (χ0v) is 14.6. The van der Waals surface area contributed by atoms with Gasteiger partial charge in [-0.3, -0.25) is 0 Å². The van der Waals surface area contributed by atoms with Gasteiger partial charge in [0.05, 0.1) is 4.90 Å². The Kier molecular flexibility index (Phi) is 6.23. The molecule has 1 aromatic carbocycles. The van der Waals surface area contributed by atoms with Crippen molar-refractivity contribution in [2.24, 2.45) is 0 Å². The summed E-state index contributed by atoms with van der Waals surface area (Å²) in [6.45, 7) is 10.2. The Labute approximate surface area is 129 Å². The van der Waals surface area contributed by atoms with Crippen molar-refractivity contribution in [2.45, 2.75) is 64.8 Å². The molecule has 0 amide bonds.